The molecule has 0 unspecified atom stereocenters. The van der Waals surface area contributed by atoms with E-state index in [1.54, 1.807) is 0 Å². The predicted molar refractivity (Wildman–Crippen MR) is 41.0 cm³/mol. The molecule has 11 heavy (non-hydrogen) atoms. The summed E-state index contributed by atoms with van der Waals surface area (Å²) in [6, 6.07) is 0. The van der Waals surface area contributed by atoms with Crippen LogP contribution in [0.4, 0.5) is 0 Å². The van der Waals surface area contributed by atoms with Crippen molar-refractivity contribution >= 4 is 5.97 Å². The molecule has 2 aliphatic rings. The lowest BCUT2D eigenvalue weighted by Crippen LogP contribution is -2.14. The largest absolute Gasteiger partial charge is 0.462 e. The summed E-state index contributed by atoms with van der Waals surface area (Å²) in [5.41, 5.74) is 0. The molecule has 0 N–H and O–H groups in total. The molecule has 0 aromatic carbocycles. The number of esters is 1. The van der Waals surface area contributed by atoms with Crippen molar-refractivity contribution in [3.8, 4) is 0 Å². The summed E-state index contributed by atoms with van der Waals surface area (Å²) in [6.07, 6.45) is 4.38. The Hall–Kier alpha value is -0.530. The van der Waals surface area contributed by atoms with Gasteiger partial charge in [-0.3, -0.25) is 4.79 Å². The van der Waals surface area contributed by atoms with Gasteiger partial charge in [0.05, 0.1) is 0 Å². The van der Waals surface area contributed by atoms with E-state index >= 15 is 0 Å². The zero-order valence-corrected chi connectivity index (χ0v) is 6.88. The Morgan fingerprint density at radius 2 is 2.27 bits per heavy atom. The van der Waals surface area contributed by atoms with Gasteiger partial charge in [0.15, 0.2) is 0 Å². The van der Waals surface area contributed by atoms with Crippen LogP contribution >= 0.6 is 0 Å². The first-order valence-corrected chi connectivity index (χ1v) is 4.45. The van der Waals surface area contributed by atoms with Gasteiger partial charge in [-0.25, -0.2) is 0 Å². The fourth-order valence-corrected chi connectivity index (χ4v) is 2.26. The van der Waals surface area contributed by atoms with Crippen LogP contribution in [0.25, 0.3) is 0 Å². The Morgan fingerprint density at radius 3 is 3.09 bits per heavy atom. The number of ether oxygens (including phenoxy) is 1. The highest BCUT2D eigenvalue weighted by atomic mass is 16.5. The molecular weight excluding hydrogens is 140 g/mol. The van der Waals surface area contributed by atoms with Gasteiger partial charge >= 0.3 is 5.97 Å². The van der Waals surface area contributed by atoms with Crippen LogP contribution in [0.15, 0.2) is 0 Å². The summed E-state index contributed by atoms with van der Waals surface area (Å²) in [5.74, 6) is 1.33. The van der Waals surface area contributed by atoms with Crippen molar-refractivity contribution in [3.05, 3.63) is 0 Å². The van der Waals surface area contributed by atoms with E-state index in [9.17, 15) is 4.79 Å². The molecular formula is C9H14O2. The lowest BCUT2D eigenvalue weighted by Gasteiger charge is -2.14. The smallest absolute Gasteiger partial charge is 0.306 e. The topological polar surface area (TPSA) is 26.3 Å². The molecule has 3 atom stereocenters. The zero-order valence-electron chi connectivity index (χ0n) is 6.88. The molecule has 2 fully saturated rings. The van der Waals surface area contributed by atoms with Crippen LogP contribution in [0.1, 0.15) is 32.6 Å². The van der Waals surface area contributed by atoms with E-state index in [0.29, 0.717) is 12.3 Å². The van der Waals surface area contributed by atoms with Crippen LogP contribution in [0, 0.1) is 11.8 Å². The Bertz CT molecular complexity index is 172. The molecule has 62 valence electrons. The average molecular weight is 154 g/mol. The molecule has 0 spiro atoms. The first kappa shape index (κ1) is 7.14. The molecule has 1 saturated heterocycles. The van der Waals surface area contributed by atoms with Gasteiger partial charge in [0.2, 0.25) is 0 Å². The SMILES string of the molecule is C[C@@H]1CC(=O)O[C@@H]2CC[C@H]1C2. The van der Waals surface area contributed by atoms with Gasteiger partial charge in [0.25, 0.3) is 0 Å². The van der Waals surface area contributed by atoms with Crippen molar-refractivity contribution in [1.29, 1.82) is 0 Å². The summed E-state index contributed by atoms with van der Waals surface area (Å²) < 4.78 is 5.23. The maximum atomic E-state index is 11.1. The van der Waals surface area contributed by atoms with Gasteiger partial charge < -0.3 is 4.74 Å². The van der Waals surface area contributed by atoms with Gasteiger partial charge in [-0.1, -0.05) is 6.92 Å². The normalized spacial score (nSPS) is 43.4. The van der Waals surface area contributed by atoms with Gasteiger partial charge in [0, 0.05) is 6.42 Å². The van der Waals surface area contributed by atoms with Crippen molar-refractivity contribution in [2.24, 2.45) is 11.8 Å². The quantitative estimate of drug-likeness (QED) is 0.497. The van der Waals surface area contributed by atoms with E-state index in [4.69, 9.17) is 4.74 Å². The number of rotatable bonds is 0. The molecule has 2 heteroatoms. The lowest BCUT2D eigenvalue weighted by atomic mass is 9.90. The second-order valence-corrected chi connectivity index (χ2v) is 3.87. The maximum absolute atomic E-state index is 11.1. The Kier molecular flexibility index (Phi) is 1.63. The van der Waals surface area contributed by atoms with E-state index in [0.717, 1.165) is 18.8 Å². The molecule has 1 aliphatic heterocycles. The fraction of sp³-hybridized carbons (Fsp3) is 0.889. The third-order valence-electron chi connectivity index (χ3n) is 3.02. The van der Waals surface area contributed by atoms with E-state index in [2.05, 4.69) is 6.92 Å². The van der Waals surface area contributed by atoms with E-state index < -0.39 is 0 Å². The number of fused-ring (bicyclic) bond motifs is 2. The summed E-state index contributed by atoms with van der Waals surface area (Å²) in [4.78, 5) is 11.1. The summed E-state index contributed by atoms with van der Waals surface area (Å²) in [6.45, 7) is 2.17. The molecule has 1 saturated carbocycles. The third-order valence-corrected chi connectivity index (χ3v) is 3.02. The highest BCUT2D eigenvalue weighted by molar-refractivity contribution is 5.70. The molecule has 0 aromatic heterocycles. The number of carbonyl (C=O) groups excluding carboxylic acids is 1. The Labute approximate surface area is 66.9 Å². The first-order valence-electron chi connectivity index (χ1n) is 4.45. The van der Waals surface area contributed by atoms with Crippen molar-refractivity contribution < 1.29 is 9.53 Å². The monoisotopic (exact) mass is 154 g/mol. The Morgan fingerprint density at radius 1 is 1.45 bits per heavy atom. The van der Waals surface area contributed by atoms with Crippen LogP contribution in [-0.2, 0) is 9.53 Å². The maximum Gasteiger partial charge on any atom is 0.306 e. The second-order valence-electron chi connectivity index (χ2n) is 3.87. The highest BCUT2D eigenvalue weighted by Gasteiger charge is 2.35. The standard InChI is InChI=1S/C9H14O2/c1-6-4-9(10)11-8-3-2-7(6)5-8/h6-8H,2-5H2,1H3/t6-,7+,8-/m1/s1. The summed E-state index contributed by atoms with van der Waals surface area (Å²) in [7, 11) is 0. The van der Waals surface area contributed by atoms with Gasteiger partial charge in [0.1, 0.15) is 6.10 Å². The third kappa shape index (κ3) is 1.26. The minimum atomic E-state index is 0.0182. The molecule has 0 aromatic rings. The molecule has 0 amide bonds. The zero-order chi connectivity index (χ0) is 7.84. The van der Waals surface area contributed by atoms with Crippen LogP contribution in [0.3, 0.4) is 0 Å². The Balaban J connectivity index is 2.11. The number of hydrogen-bond acceptors (Lipinski definition) is 2. The van der Waals surface area contributed by atoms with Crippen LogP contribution in [0.5, 0.6) is 0 Å². The van der Waals surface area contributed by atoms with E-state index in [1.807, 2.05) is 0 Å². The van der Waals surface area contributed by atoms with E-state index in [1.165, 1.54) is 6.42 Å². The number of carbonyl (C=O) groups is 1. The molecule has 1 aliphatic carbocycles. The minimum absolute atomic E-state index is 0.0182. The van der Waals surface area contributed by atoms with Crippen molar-refractivity contribution in [2.45, 2.75) is 38.7 Å². The second kappa shape index (κ2) is 2.50. The molecule has 2 rings (SSSR count). The first-order chi connectivity index (χ1) is 5.25. The van der Waals surface area contributed by atoms with Crippen molar-refractivity contribution in [3.63, 3.8) is 0 Å². The number of hydrogen-bond donors (Lipinski definition) is 0. The highest BCUT2D eigenvalue weighted by Crippen LogP contribution is 2.37. The molecule has 1 heterocycles. The molecule has 2 nitrogen and oxygen atoms in total. The summed E-state index contributed by atoms with van der Waals surface area (Å²) >= 11 is 0. The fourth-order valence-electron chi connectivity index (χ4n) is 2.26. The van der Waals surface area contributed by atoms with Crippen LogP contribution < -0.4 is 0 Å². The van der Waals surface area contributed by atoms with Crippen LogP contribution in [-0.4, -0.2) is 12.1 Å². The van der Waals surface area contributed by atoms with Gasteiger partial charge in [-0.05, 0) is 31.1 Å². The molecule has 2 bridgehead atoms. The average Bonchev–Trinajstić information content (AvgIpc) is 2.29. The molecule has 0 radical (unpaired) electrons. The minimum Gasteiger partial charge on any atom is -0.462 e. The van der Waals surface area contributed by atoms with Crippen LogP contribution in [0.2, 0.25) is 0 Å². The van der Waals surface area contributed by atoms with Crippen molar-refractivity contribution in [2.75, 3.05) is 0 Å². The van der Waals surface area contributed by atoms with E-state index in [-0.39, 0.29) is 12.1 Å². The van der Waals surface area contributed by atoms with Crippen molar-refractivity contribution in [1.82, 2.24) is 0 Å². The van der Waals surface area contributed by atoms with Gasteiger partial charge in [-0.15, -0.1) is 0 Å². The van der Waals surface area contributed by atoms with Gasteiger partial charge in [-0.2, -0.15) is 0 Å². The summed E-state index contributed by atoms with van der Waals surface area (Å²) in [5, 5.41) is 0. The predicted octanol–water partition coefficient (Wildman–Crippen LogP) is 1.74. The lowest BCUT2D eigenvalue weighted by molar-refractivity contribution is -0.148.